The van der Waals surface area contributed by atoms with Crippen LogP contribution in [0.1, 0.15) is 47.0 Å². The first-order chi connectivity index (χ1) is 7.00. The number of fused-ring (bicyclic) bond motifs is 1. The molecule has 2 bridgehead atoms. The zero-order valence-corrected chi connectivity index (χ0v) is 10.4. The Hall–Kier alpha value is -0.520. The predicted octanol–water partition coefficient (Wildman–Crippen LogP) is 4.34. The van der Waals surface area contributed by atoms with Gasteiger partial charge in [-0.05, 0) is 43.4 Å². The minimum atomic E-state index is 0.431. The maximum Gasteiger partial charge on any atom is 0.0179 e. The van der Waals surface area contributed by atoms with E-state index < -0.39 is 0 Å². The van der Waals surface area contributed by atoms with Gasteiger partial charge in [0.05, 0.1) is 0 Å². The number of allylic oxidation sites excluding steroid dienone is 4. The van der Waals surface area contributed by atoms with Gasteiger partial charge in [-0.2, -0.15) is 0 Å². The summed E-state index contributed by atoms with van der Waals surface area (Å²) in [5.41, 5.74) is 4.27. The Morgan fingerprint density at radius 1 is 1.27 bits per heavy atom. The lowest BCUT2D eigenvalue weighted by molar-refractivity contribution is 0.0327. The van der Waals surface area contributed by atoms with Crippen LogP contribution >= 0.6 is 0 Å². The summed E-state index contributed by atoms with van der Waals surface area (Å²) in [5, 5.41) is 0. The van der Waals surface area contributed by atoms with E-state index in [1.807, 2.05) is 0 Å². The molecule has 0 amide bonds. The van der Waals surface area contributed by atoms with Gasteiger partial charge in [-0.15, -0.1) is 0 Å². The third kappa shape index (κ3) is 0.859. The smallest absolute Gasteiger partial charge is 0.0179 e. The maximum atomic E-state index is 2.54. The molecule has 0 heteroatoms. The fourth-order valence-corrected chi connectivity index (χ4v) is 4.80. The van der Waals surface area contributed by atoms with Crippen LogP contribution in [0.5, 0.6) is 0 Å². The van der Waals surface area contributed by atoms with Crippen LogP contribution in [0.15, 0.2) is 23.3 Å². The van der Waals surface area contributed by atoms with Crippen LogP contribution in [0.4, 0.5) is 0 Å². The molecule has 2 fully saturated rings. The van der Waals surface area contributed by atoms with Crippen LogP contribution in [-0.4, -0.2) is 0 Å². The summed E-state index contributed by atoms with van der Waals surface area (Å²) in [5.74, 6) is 1.78. The Morgan fingerprint density at radius 3 is 2.73 bits per heavy atom. The second-order valence-electron chi connectivity index (χ2n) is 6.47. The molecule has 0 aromatic rings. The normalized spacial score (nSPS) is 46.1. The molecule has 82 valence electrons. The lowest BCUT2D eigenvalue weighted by atomic mass is 9.54. The van der Waals surface area contributed by atoms with Gasteiger partial charge in [-0.1, -0.05) is 44.1 Å². The van der Waals surface area contributed by atoms with E-state index in [-0.39, 0.29) is 0 Å². The minimum absolute atomic E-state index is 0.431. The van der Waals surface area contributed by atoms with Gasteiger partial charge < -0.3 is 0 Å². The van der Waals surface area contributed by atoms with E-state index in [0.29, 0.717) is 10.8 Å². The third-order valence-electron chi connectivity index (χ3n) is 5.83. The van der Waals surface area contributed by atoms with E-state index in [1.54, 1.807) is 11.1 Å². The van der Waals surface area contributed by atoms with E-state index >= 15 is 0 Å². The van der Waals surface area contributed by atoms with Crippen molar-refractivity contribution in [3.63, 3.8) is 0 Å². The van der Waals surface area contributed by atoms with Crippen molar-refractivity contribution >= 4 is 0 Å². The largest absolute Gasteiger partial charge is 0.0732 e. The van der Waals surface area contributed by atoms with Gasteiger partial charge >= 0.3 is 0 Å². The zero-order valence-electron chi connectivity index (χ0n) is 10.4. The molecule has 0 N–H and O–H groups in total. The first kappa shape index (κ1) is 9.69. The van der Waals surface area contributed by atoms with Gasteiger partial charge in [0, 0.05) is 5.41 Å². The van der Waals surface area contributed by atoms with Gasteiger partial charge in [-0.25, -0.2) is 0 Å². The first-order valence-corrected chi connectivity index (χ1v) is 6.39. The van der Waals surface area contributed by atoms with Crippen LogP contribution in [0.3, 0.4) is 0 Å². The molecule has 15 heavy (non-hydrogen) atoms. The molecule has 3 rings (SSSR count). The van der Waals surface area contributed by atoms with Crippen LogP contribution in [0.2, 0.25) is 0 Å². The summed E-state index contributed by atoms with van der Waals surface area (Å²) < 4.78 is 0. The molecule has 0 nitrogen and oxygen atoms in total. The molecule has 0 aromatic carbocycles. The number of hydrogen-bond donors (Lipinski definition) is 0. The van der Waals surface area contributed by atoms with Crippen LogP contribution in [0, 0.1) is 22.7 Å². The van der Waals surface area contributed by atoms with Crippen molar-refractivity contribution in [3.8, 4) is 0 Å². The van der Waals surface area contributed by atoms with Gasteiger partial charge in [0.25, 0.3) is 0 Å². The monoisotopic (exact) mass is 202 g/mol. The molecule has 1 spiro atoms. The Balaban J connectivity index is 2.24. The second kappa shape index (κ2) is 2.59. The van der Waals surface area contributed by atoms with Crippen LogP contribution in [-0.2, 0) is 0 Å². The molecule has 0 heterocycles. The summed E-state index contributed by atoms with van der Waals surface area (Å²) in [7, 11) is 0. The number of rotatable bonds is 0. The van der Waals surface area contributed by atoms with E-state index in [0.717, 1.165) is 11.8 Å². The fraction of sp³-hybridized carbons (Fsp3) is 0.733. The molecule has 3 aliphatic rings. The van der Waals surface area contributed by atoms with Crippen molar-refractivity contribution in [2.45, 2.75) is 47.0 Å². The van der Waals surface area contributed by atoms with Gasteiger partial charge in [0.1, 0.15) is 0 Å². The van der Waals surface area contributed by atoms with Crippen molar-refractivity contribution in [1.82, 2.24) is 0 Å². The summed E-state index contributed by atoms with van der Waals surface area (Å²) in [6.45, 7) is 9.78. The van der Waals surface area contributed by atoms with E-state index in [4.69, 9.17) is 0 Å². The zero-order chi connectivity index (χ0) is 10.8. The molecule has 2 saturated carbocycles. The topological polar surface area (TPSA) is 0 Å². The van der Waals surface area contributed by atoms with Crippen molar-refractivity contribution in [1.29, 1.82) is 0 Å². The lowest BCUT2D eigenvalue weighted by Gasteiger charge is -2.50. The molecule has 0 aromatic heterocycles. The highest BCUT2D eigenvalue weighted by atomic mass is 14.7. The Morgan fingerprint density at radius 2 is 2.00 bits per heavy atom. The van der Waals surface area contributed by atoms with Crippen molar-refractivity contribution in [2.75, 3.05) is 0 Å². The van der Waals surface area contributed by atoms with Crippen molar-refractivity contribution in [3.05, 3.63) is 23.3 Å². The molecule has 0 aliphatic heterocycles. The third-order valence-corrected chi connectivity index (χ3v) is 5.83. The summed E-state index contributed by atoms with van der Waals surface area (Å²) >= 11 is 0. The quantitative estimate of drug-likeness (QED) is 0.548. The Labute approximate surface area is 93.5 Å². The second-order valence-corrected chi connectivity index (χ2v) is 6.47. The maximum absolute atomic E-state index is 2.54. The molecular formula is C15H22. The SMILES string of the molecule is CC1=C2C[C@@H]3CC[C@H](C)[C@@]2(C=C1)C3(C)C. The van der Waals surface area contributed by atoms with Crippen molar-refractivity contribution < 1.29 is 0 Å². The van der Waals surface area contributed by atoms with E-state index in [1.165, 1.54) is 19.3 Å². The average molecular weight is 202 g/mol. The first-order valence-electron chi connectivity index (χ1n) is 6.39. The van der Waals surface area contributed by atoms with Gasteiger partial charge in [0.2, 0.25) is 0 Å². The molecule has 3 atom stereocenters. The van der Waals surface area contributed by atoms with E-state index in [2.05, 4.69) is 39.8 Å². The predicted molar refractivity (Wildman–Crippen MR) is 64.6 cm³/mol. The molecule has 0 saturated heterocycles. The standard InChI is InChI=1S/C15H22/c1-10-7-8-15-11(2)5-6-12(9-13(10)15)14(15,3)4/h7-8,11-12H,5-6,9H2,1-4H3/t11-,12-,15+/m0/s1. The molecular weight excluding hydrogens is 180 g/mol. The van der Waals surface area contributed by atoms with Gasteiger partial charge in [-0.3, -0.25) is 0 Å². The van der Waals surface area contributed by atoms with Crippen LogP contribution < -0.4 is 0 Å². The molecule has 0 radical (unpaired) electrons. The van der Waals surface area contributed by atoms with Gasteiger partial charge in [0.15, 0.2) is 0 Å². The highest BCUT2D eigenvalue weighted by Crippen LogP contribution is 2.70. The summed E-state index contributed by atoms with van der Waals surface area (Å²) in [6, 6.07) is 0. The average Bonchev–Trinajstić information content (AvgIpc) is 2.53. The Bertz CT molecular complexity index is 369. The summed E-state index contributed by atoms with van der Waals surface area (Å²) in [4.78, 5) is 0. The number of hydrogen-bond acceptors (Lipinski definition) is 0. The fourth-order valence-electron chi connectivity index (χ4n) is 4.80. The summed E-state index contributed by atoms with van der Waals surface area (Å²) in [6.07, 6.45) is 9.17. The molecule has 0 unspecified atom stereocenters. The highest BCUT2D eigenvalue weighted by molar-refractivity contribution is 5.47. The lowest BCUT2D eigenvalue weighted by Crippen LogP contribution is -2.43. The molecule has 3 aliphatic carbocycles. The highest BCUT2D eigenvalue weighted by Gasteiger charge is 2.61. The Kier molecular flexibility index (Phi) is 1.67. The minimum Gasteiger partial charge on any atom is -0.0732 e. The van der Waals surface area contributed by atoms with Crippen LogP contribution in [0.25, 0.3) is 0 Å². The van der Waals surface area contributed by atoms with Crippen molar-refractivity contribution in [2.24, 2.45) is 22.7 Å². The van der Waals surface area contributed by atoms with E-state index in [9.17, 15) is 0 Å².